The van der Waals surface area contributed by atoms with Crippen LogP contribution in [0.3, 0.4) is 0 Å². The maximum absolute atomic E-state index is 12.6. The van der Waals surface area contributed by atoms with Crippen LogP contribution in [0.1, 0.15) is 39.9 Å². The van der Waals surface area contributed by atoms with Gasteiger partial charge in [-0.2, -0.15) is 0 Å². The molecule has 27 heavy (non-hydrogen) atoms. The number of ketones is 1. The summed E-state index contributed by atoms with van der Waals surface area (Å²) in [6.07, 6.45) is 3.09. The molecule has 6 nitrogen and oxygen atoms in total. The third kappa shape index (κ3) is 3.46. The van der Waals surface area contributed by atoms with Crippen LogP contribution in [-0.4, -0.2) is 33.1 Å². The third-order valence-electron chi connectivity index (χ3n) is 4.59. The van der Waals surface area contributed by atoms with Gasteiger partial charge in [-0.25, -0.2) is 0 Å². The van der Waals surface area contributed by atoms with Crippen LogP contribution in [0.2, 0.25) is 0 Å². The summed E-state index contributed by atoms with van der Waals surface area (Å²) >= 11 is 3.19. The summed E-state index contributed by atoms with van der Waals surface area (Å²) < 4.78 is 12.9. The normalized spacial score (nSPS) is 15.3. The standard InChI is InChI=1S/C19H17N3O3S2/c23-15(12-3-6-16-17(8-12)25-11-24-16)10-27-19-21-20-18(22(19)13-4-5-13)9-14-2-1-7-26-14/h1-3,6-8,13H,4-5,9-11H2. The number of aromatic nitrogens is 3. The number of carbonyl (C=O) groups excluding carboxylic acids is 1. The number of ether oxygens (including phenoxy) is 2. The van der Waals surface area contributed by atoms with Gasteiger partial charge in [0.15, 0.2) is 22.4 Å². The van der Waals surface area contributed by atoms with Crippen LogP contribution < -0.4 is 9.47 Å². The summed E-state index contributed by atoms with van der Waals surface area (Å²) in [6.45, 7) is 0.208. The van der Waals surface area contributed by atoms with Crippen LogP contribution in [0, 0.1) is 0 Å². The van der Waals surface area contributed by atoms with Crippen LogP contribution in [0.5, 0.6) is 11.5 Å². The van der Waals surface area contributed by atoms with Gasteiger partial charge in [-0.1, -0.05) is 17.8 Å². The SMILES string of the molecule is O=C(CSc1nnc(Cc2cccs2)n1C1CC1)c1ccc2c(c1)OCO2. The van der Waals surface area contributed by atoms with Crippen LogP contribution in [-0.2, 0) is 6.42 Å². The minimum Gasteiger partial charge on any atom is -0.454 e. The molecular formula is C19H17N3O3S2. The van der Waals surface area contributed by atoms with E-state index in [1.165, 1.54) is 16.6 Å². The highest BCUT2D eigenvalue weighted by Crippen LogP contribution is 2.39. The van der Waals surface area contributed by atoms with Crippen molar-refractivity contribution in [2.75, 3.05) is 12.5 Å². The van der Waals surface area contributed by atoms with Crippen LogP contribution in [0.15, 0.2) is 40.9 Å². The highest BCUT2D eigenvalue weighted by atomic mass is 32.2. The Hall–Kier alpha value is -2.32. The zero-order valence-electron chi connectivity index (χ0n) is 14.5. The van der Waals surface area contributed by atoms with Gasteiger partial charge in [0.2, 0.25) is 6.79 Å². The zero-order chi connectivity index (χ0) is 18.2. The predicted molar refractivity (Wildman–Crippen MR) is 103 cm³/mol. The van der Waals surface area contributed by atoms with Crippen molar-refractivity contribution in [3.05, 3.63) is 52.0 Å². The van der Waals surface area contributed by atoms with E-state index in [9.17, 15) is 4.79 Å². The van der Waals surface area contributed by atoms with Crippen molar-refractivity contribution in [3.63, 3.8) is 0 Å². The predicted octanol–water partition coefficient (Wildman–Crippen LogP) is 3.97. The molecule has 0 unspecified atom stereocenters. The summed E-state index contributed by atoms with van der Waals surface area (Å²) in [6, 6.07) is 9.96. The van der Waals surface area contributed by atoms with E-state index >= 15 is 0 Å². The molecule has 3 aromatic rings. The van der Waals surface area contributed by atoms with Crippen molar-refractivity contribution in [1.29, 1.82) is 0 Å². The molecule has 2 aromatic heterocycles. The van der Waals surface area contributed by atoms with Crippen molar-refractivity contribution in [2.45, 2.75) is 30.5 Å². The Morgan fingerprint density at radius 3 is 2.93 bits per heavy atom. The number of hydrogen-bond acceptors (Lipinski definition) is 7. The zero-order valence-corrected chi connectivity index (χ0v) is 16.1. The molecule has 1 fully saturated rings. The molecular weight excluding hydrogens is 382 g/mol. The summed E-state index contributed by atoms with van der Waals surface area (Å²) in [5.41, 5.74) is 0.628. The van der Waals surface area contributed by atoms with Gasteiger partial charge >= 0.3 is 0 Å². The Morgan fingerprint density at radius 1 is 1.22 bits per heavy atom. The molecule has 0 spiro atoms. The first-order valence-corrected chi connectivity index (χ1v) is 10.7. The van der Waals surface area contributed by atoms with E-state index in [2.05, 4.69) is 32.3 Å². The molecule has 1 aliphatic carbocycles. The molecule has 0 atom stereocenters. The summed E-state index contributed by atoms with van der Waals surface area (Å²) in [7, 11) is 0. The van der Waals surface area contributed by atoms with E-state index in [0.717, 1.165) is 30.2 Å². The summed E-state index contributed by atoms with van der Waals surface area (Å²) in [5.74, 6) is 2.67. The highest BCUT2D eigenvalue weighted by molar-refractivity contribution is 7.99. The molecule has 2 aliphatic rings. The van der Waals surface area contributed by atoms with Gasteiger partial charge in [0, 0.05) is 22.9 Å². The van der Waals surface area contributed by atoms with Gasteiger partial charge < -0.3 is 14.0 Å². The number of Topliss-reactive ketones (excluding diaryl/α,β-unsaturated/α-hetero) is 1. The minimum atomic E-state index is 0.0449. The number of benzene rings is 1. The fraction of sp³-hybridized carbons (Fsp3) is 0.316. The minimum absolute atomic E-state index is 0.0449. The largest absolute Gasteiger partial charge is 0.454 e. The monoisotopic (exact) mass is 399 g/mol. The lowest BCUT2D eigenvalue weighted by Crippen LogP contribution is -2.06. The van der Waals surface area contributed by atoms with E-state index in [0.29, 0.717) is 28.9 Å². The first-order chi connectivity index (χ1) is 13.3. The van der Waals surface area contributed by atoms with Crippen LogP contribution >= 0.6 is 23.1 Å². The second kappa shape index (κ2) is 7.01. The molecule has 1 aliphatic heterocycles. The molecule has 1 saturated carbocycles. The van der Waals surface area contributed by atoms with E-state index in [-0.39, 0.29) is 12.6 Å². The first kappa shape index (κ1) is 16.8. The average Bonchev–Trinajstić information content (AvgIpc) is 3.09. The highest BCUT2D eigenvalue weighted by Gasteiger charge is 2.30. The number of thiophene rings is 1. The van der Waals surface area contributed by atoms with E-state index < -0.39 is 0 Å². The summed E-state index contributed by atoms with van der Waals surface area (Å²) in [5, 5.41) is 11.7. The number of fused-ring (bicyclic) bond motifs is 1. The third-order valence-corrected chi connectivity index (χ3v) is 6.41. The Morgan fingerprint density at radius 2 is 2.11 bits per heavy atom. The Labute approximate surface area is 164 Å². The molecule has 0 radical (unpaired) electrons. The quantitative estimate of drug-likeness (QED) is 0.442. The van der Waals surface area contributed by atoms with Crippen molar-refractivity contribution < 1.29 is 14.3 Å². The van der Waals surface area contributed by atoms with Crippen molar-refractivity contribution in [3.8, 4) is 11.5 Å². The number of thioether (sulfide) groups is 1. The fourth-order valence-corrected chi connectivity index (χ4v) is 4.70. The molecule has 138 valence electrons. The van der Waals surface area contributed by atoms with Crippen LogP contribution in [0.4, 0.5) is 0 Å². The lowest BCUT2D eigenvalue weighted by atomic mass is 10.1. The van der Waals surface area contributed by atoms with Crippen molar-refractivity contribution in [1.82, 2.24) is 14.8 Å². The number of carbonyl (C=O) groups is 1. The fourth-order valence-electron chi connectivity index (χ4n) is 3.08. The second-order valence-corrected chi connectivity index (χ2v) is 8.51. The Balaban J connectivity index is 1.31. The van der Waals surface area contributed by atoms with E-state index in [4.69, 9.17) is 9.47 Å². The first-order valence-electron chi connectivity index (χ1n) is 8.80. The lowest BCUT2D eigenvalue weighted by molar-refractivity contribution is 0.102. The number of nitrogens with zero attached hydrogens (tertiary/aromatic N) is 3. The average molecular weight is 399 g/mol. The molecule has 0 N–H and O–H groups in total. The maximum atomic E-state index is 12.6. The molecule has 5 rings (SSSR count). The molecule has 0 bridgehead atoms. The second-order valence-electron chi connectivity index (χ2n) is 6.54. The van der Waals surface area contributed by atoms with E-state index in [1.807, 2.05) is 0 Å². The van der Waals surface area contributed by atoms with Gasteiger partial charge in [-0.15, -0.1) is 21.5 Å². The van der Waals surface area contributed by atoms with Gasteiger partial charge in [0.25, 0.3) is 0 Å². The number of rotatable bonds is 7. The smallest absolute Gasteiger partial charge is 0.231 e. The van der Waals surface area contributed by atoms with Gasteiger partial charge in [-0.3, -0.25) is 4.79 Å². The van der Waals surface area contributed by atoms with Crippen LogP contribution in [0.25, 0.3) is 0 Å². The summed E-state index contributed by atoms with van der Waals surface area (Å²) in [4.78, 5) is 13.9. The molecule has 8 heteroatoms. The molecule has 3 heterocycles. The maximum Gasteiger partial charge on any atom is 0.231 e. The van der Waals surface area contributed by atoms with Crippen molar-refractivity contribution >= 4 is 28.9 Å². The molecule has 0 saturated heterocycles. The van der Waals surface area contributed by atoms with Gasteiger partial charge in [0.05, 0.1) is 5.75 Å². The molecule has 0 amide bonds. The Kier molecular flexibility index (Phi) is 4.37. The lowest BCUT2D eigenvalue weighted by Gasteiger charge is -2.08. The molecule has 1 aromatic carbocycles. The van der Waals surface area contributed by atoms with Gasteiger partial charge in [-0.05, 0) is 42.5 Å². The number of hydrogen-bond donors (Lipinski definition) is 0. The van der Waals surface area contributed by atoms with Gasteiger partial charge in [0.1, 0.15) is 5.82 Å². The topological polar surface area (TPSA) is 66.2 Å². The Bertz CT molecular complexity index is 980. The van der Waals surface area contributed by atoms with E-state index in [1.54, 1.807) is 29.5 Å². The van der Waals surface area contributed by atoms with Crippen molar-refractivity contribution in [2.24, 2.45) is 0 Å².